The molecule has 2 rings (SSSR count). The van der Waals surface area contributed by atoms with E-state index in [2.05, 4.69) is 0 Å². The van der Waals surface area contributed by atoms with E-state index >= 15 is 0 Å². The second-order valence-corrected chi connectivity index (χ2v) is 5.33. The van der Waals surface area contributed by atoms with Crippen molar-refractivity contribution >= 4 is 11.8 Å². The minimum atomic E-state index is -4.11. The molecular formula is C12H14F3NS. The number of fused-ring (bicyclic) bond motifs is 1. The van der Waals surface area contributed by atoms with Crippen molar-refractivity contribution in [3.63, 3.8) is 0 Å². The maximum atomic E-state index is 12.1. The molecule has 1 aromatic carbocycles. The van der Waals surface area contributed by atoms with Crippen molar-refractivity contribution in [1.29, 1.82) is 0 Å². The Morgan fingerprint density at radius 3 is 2.76 bits per heavy atom. The van der Waals surface area contributed by atoms with Crippen molar-refractivity contribution in [2.24, 2.45) is 5.73 Å². The van der Waals surface area contributed by atoms with Gasteiger partial charge in [0.05, 0.1) is 0 Å². The fourth-order valence-corrected chi connectivity index (χ4v) is 3.42. The molecule has 1 aliphatic rings. The van der Waals surface area contributed by atoms with E-state index in [1.807, 2.05) is 24.3 Å². The molecule has 0 radical (unpaired) electrons. The zero-order valence-electron chi connectivity index (χ0n) is 9.20. The molecule has 2 N–H and O–H groups in total. The van der Waals surface area contributed by atoms with Gasteiger partial charge in [-0.25, -0.2) is 0 Å². The van der Waals surface area contributed by atoms with Crippen LogP contribution >= 0.6 is 11.8 Å². The van der Waals surface area contributed by atoms with E-state index in [9.17, 15) is 13.2 Å². The molecule has 2 atom stereocenters. The summed E-state index contributed by atoms with van der Waals surface area (Å²) in [6.07, 6.45) is -4.90. The van der Waals surface area contributed by atoms with Crippen molar-refractivity contribution in [1.82, 2.24) is 0 Å². The molecule has 0 amide bonds. The minimum absolute atomic E-state index is 0.00304. The topological polar surface area (TPSA) is 26.0 Å². The smallest absolute Gasteiger partial charge is 0.327 e. The van der Waals surface area contributed by atoms with Gasteiger partial charge in [-0.1, -0.05) is 18.2 Å². The standard InChI is InChI=1S/C12H14F3NS/c13-12(14,15)6-5-10(16)9-7-17-11-4-2-1-3-8(9)11/h1-4,9-10H,5-7,16H2. The van der Waals surface area contributed by atoms with Crippen molar-refractivity contribution in [2.75, 3.05) is 5.75 Å². The third kappa shape index (κ3) is 3.16. The van der Waals surface area contributed by atoms with Gasteiger partial charge in [0.1, 0.15) is 0 Å². The number of hydrogen-bond donors (Lipinski definition) is 1. The molecule has 2 unspecified atom stereocenters. The maximum absolute atomic E-state index is 12.1. The van der Waals surface area contributed by atoms with Crippen molar-refractivity contribution < 1.29 is 13.2 Å². The van der Waals surface area contributed by atoms with Crippen LogP contribution in [0.25, 0.3) is 0 Å². The number of alkyl halides is 3. The van der Waals surface area contributed by atoms with Gasteiger partial charge in [-0.05, 0) is 18.1 Å². The van der Waals surface area contributed by atoms with E-state index in [1.165, 1.54) is 0 Å². The van der Waals surface area contributed by atoms with Gasteiger partial charge in [0.15, 0.2) is 0 Å². The molecule has 0 fully saturated rings. The largest absolute Gasteiger partial charge is 0.389 e. The summed E-state index contributed by atoms with van der Waals surface area (Å²) in [6, 6.07) is 7.40. The lowest BCUT2D eigenvalue weighted by Crippen LogP contribution is -2.30. The molecule has 0 spiro atoms. The number of thioether (sulfide) groups is 1. The quantitative estimate of drug-likeness (QED) is 0.900. The molecule has 0 bridgehead atoms. The van der Waals surface area contributed by atoms with Crippen LogP contribution < -0.4 is 5.73 Å². The van der Waals surface area contributed by atoms with Gasteiger partial charge in [0.2, 0.25) is 0 Å². The summed E-state index contributed by atoms with van der Waals surface area (Å²) in [7, 11) is 0. The Balaban J connectivity index is 2.00. The van der Waals surface area contributed by atoms with Crippen LogP contribution in [0.5, 0.6) is 0 Å². The van der Waals surface area contributed by atoms with Gasteiger partial charge in [-0.15, -0.1) is 11.8 Å². The monoisotopic (exact) mass is 261 g/mol. The van der Waals surface area contributed by atoms with Crippen LogP contribution in [-0.2, 0) is 0 Å². The highest BCUT2D eigenvalue weighted by Crippen LogP contribution is 2.41. The molecule has 0 saturated carbocycles. The average molecular weight is 261 g/mol. The average Bonchev–Trinajstić information content (AvgIpc) is 2.68. The van der Waals surface area contributed by atoms with Crippen LogP contribution in [0.4, 0.5) is 13.2 Å². The Bertz CT molecular complexity index is 392. The van der Waals surface area contributed by atoms with Gasteiger partial charge < -0.3 is 5.73 Å². The predicted molar refractivity (Wildman–Crippen MR) is 63.2 cm³/mol. The van der Waals surface area contributed by atoms with E-state index in [4.69, 9.17) is 5.73 Å². The van der Waals surface area contributed by atoms with E-state index in [1.54, 1.807) is 11.8 Å². The number of halogens is 3. The predicted octanol–water partition coefficient (Wildman–Crippen LogP) is 3.55. The van der Waals surface area contributed by atoms with Crippen LogP contribution in [-0.4, -0.2) is 18.0 Å². The third-order valence-corrected chi connectivity index (χ3v) is 4.22. The van der Waals surface area contributed by atoms with E-state index < -0.39 is 18.6 Å². The highest BCUT2D eigenvalue weighted by molar-refractivity contribution is 7.99. The summed E-state index contributed by atoms with van der Waals surface area (Å²) in [5.41, 5.74) is 6.99. The van der Waals surface area contributed by atoms with Gasteiger partial charge in [0, 0.05) is 29.0 Å². The maximum Gasteiger partial charge on any atom is 0.389 e. The van der Waals surface area contributed by atoms with Crippen molar-refractivity contribution in [2.45, 2.75) is 35.9 Å². The number of hydrogen-bond acceptors (Lipinski definition) is 2. The fourth-order valence-electron chi connectivity index (χ4n) is 2.07. The summed E-state index contributed by atoms with van der Waals surface area (Å²) >= 11 is 1.68. The van der Waals surface area contributed by atoms with Gasteiger partial charge in [0.25, 0.3) is 0 Å². The molecule has 0 saturated heterocycles. The minimum Gasteiger partial charge on any atom is -0.327 e. The van der Waals surface area contributed by atoms with Crippen molar-refractivity contribution in [3.8, 4) is 0 Å². The van der Waals surface area contributed by atoms with Gasteiger partial charge >= 0.3 is 6.18 Å². The summed E-state index contributed by atoms with van der Waals surface area (Å²) in [4.78, 5) is 1.15. The van der Waals surface area contributed by atoms with E-state index in [-0.39, 0.29) is 12.3 Å². The summed E-state index contributed by atoms with van der Waals surface area (Å²) < 4.78 is 36.4. The second-order valence-electron chi connectivity index (χ2n) is 4.27. The number of nitrogens with two attached hydrogens (primary N) is 1. The first-order valence-corrected chi connectivity index (χ1v) is 6.50. The van der Waals surface area contributed by atoms with Crippen LogP contribution in [0.2, 0.25) is 0 Å². The summed E-state index contributed by atoms with van der Waals surface area (Å²) in [5.74, 6) is 0.844. The highest BCUT2D eigenvalue weighted by atomic mass is 32.2. The first kappa shape index (κ1) is 12.8. The van der Waals surface area contributed by atoms with Crippen LogP contribution in [0, 0.1) is 0 Å². The highest BCUT2D eigenvalue weighted by Gasteiger charge is 2.32. The fraction of sp³-hybridized carbons (Fsp3) is 0.500. The lowest BCUT2D eigenvalue weighted by molar-refractivity contribution is -0.136. The van der Waals surface area contributed by atoms with Crippen LogP contribution in [0.3, 0.4) is 0 Å². The zero-order valence-corrected chi connectivity index (χ0v) is 10.0. The molecular weight excluding hydrogens is 247 g/mol. The van der Waals surface area contributed by atoms with Gasteiger partial charge in [-0.3, -0.25) is 0 Å². The normalized spacial score (nSPS) is 21.3. The van der Waals surface area contributed by atoms with E-state index in [0.717, 1.165) is 16.2 Å². The van der Waals surface area contributed by atoms with Crippen LogP contribution in [0.1, 0.15) is 24.3 Å². The molecule has 1 aliphatic heterocycles. The second kappa shape index (κ2) is 4.90. The lowest BCUT2D eigenvalue weighted by Gasteiger charge is -2.20. The summed E-state index contributed by atoms with van der Waals surface area (Å²) in [5, 5.41) is 0. The molecule has 17 heavy (non-hydrogen) atoms. The molecule has 1 nitrogen and oxygen atoms in total. The Morgan fingerprint density at radius 2 is 2.06 bits per heavy atom. The third-order valence-electron chi connectivity index (χ3n) is 3.01. The Labute approximate surface area is 103 Å². The number of benzene rings is 1. The molecule has 1 aromatic rings. The van der Waals surface area contributed by atoms with Crippen LogP contribution in [0.15, 0.2) is 29.2 Å². The zero-order chi connectivity index (χ0) is 12.5. The first-order valence-electron chi connectivity index (χ1n) is 5.51. The Kier molecular flexibility index (Phi) is 3.68. The number of rotatable bonds is 3. The Hall–Kier alpha value is -0.680. The molecule has 0 aromatic heterocycles. The van der Waals surface area contributed by atoms with Crippen molar-refractivity contribution in [3.05, 3.63) is 29.8 Å². The molecule has 1 heterocycles. The van der Waals surface area contributed by atoms with E-state index in [0.29, 0.717) is 0 Å². The lowest BCUT2D eigenvalue weighted by atomic mass is 9.91. The van der Waals surface area contributed by atoms with Gasteiger partial charge in [-0.2, -0.15) is 13.2 Å². The first-order chi connectivity index (χ1) is 7.97. The SMILES string of the molecule is NC(CCC(F)(F)F)C1CSc2ccccc21. The Morgan fingerprint density at radius 1 is 1.35 bits per heavy atom. The molecule has 5 heteroatoms. The summed E-state index contributed by atoms with van der Waals surface area (Å²) in [6.45, 7) is 0. The molecule has 94 valence electrons. The molecule has 0 aliphatic carbocycles.